The number of carbonyl (C=O) groups is 12. The average molecular weight is 1410 g/mol. The summed E-state index contributed by atoms with van der Waals surface area (Å²) in [5.74, 6) is -8.66. The first-order chi connectivity index (χ1) is 46.9. The number of hydrogen-bond donors (Lipinski definition) is 3. The second-order valence-corrected chi connectivity index (χ2v) is 29.9. The molecule has 4 saturated carbocycles. The highest BCUT2D eigenvalue weighted by molar-refractivity contribution is 6.31. The number of carbonyl (C=O) groups excluding carboxylic acids is 12. The molecule has 3 N–H and O–H groups in total. The number of rotatable bonds is 10. The number of likely N-dealkylation sites (tertiary alicyclic amines) is 1. The number of alkyl halides is 3. The number of benzene rings is 1. The predicted octanol–water partition coefficient (Wildman–Crippen LogP) is 5.40. The highest BCUT2D eigenvalue weighted by Gasteiger charge is 2.52. The third-order valence-corrected chi connectivity index (χ3v) is 23.0. The van der Waals surface area contributed by atoms with Crippen LogP contribution in [0.4, 0.5) is 13.2 Å². The molecule has 3 aliphatic heterocycles. The smallest absolute Gasteiger partial charge is 0.343 e. The normalized spacial score (nSPS) is 27.7. The third kappa shape index (κ3) is 18.5. The summed E-state index contributed by atoms with van der Waals surface area (Å²) >= 11 is 6.15. The van der Waals surface area contributed by atoms with Crippen LogP contribution in [0.25, 0.3) is 0 Å². The van der Waals surface area contributed by atoms with Gasteiger partial charge >= 0.3 is 6.18 Å². The van der Waals surface area contributed by atoms with E-state index in [9.17, 15) is 46.7 Å². The lowest BCUT2D eigenvalue weighted by Crippen LogP contribution is -2.65. The van der Waals surface area contributed by atoms with Crippen LogP contribution in [0, 0.1) is 23.7 Å². The van der Waals surface area contributed by atoms with Crippen LogP contribution in [-0.4, -0.2) is 251 Å². The van der Waals surface area contributed by atoms with Crippen LogP contribution in [0.1, 0.15) is 179 Å². The first-order valence-electron chi connectivity index (χ1n) is 36.0. The maximum Gasteiger partial charge on any atom is 0.417 e. The summed E-state index contributed by atoms with van der Waals surface area (Å²) in [5.41, 5.74) is -2.33. The summed E-state index contributed by atoms with van der Waals surface area (Å²) in [4.78, 5) is 191. The number of halogens is 4. The minimum Gasteiger partial charge on any atom is -0.343 e. The van der Waals surface area contributed by atoms with Gasteiger partial charge in [0.15, 0.2) is 0 Å². The lowest BCUT2D eigenvalue weighted by molar-refractivity contribution is -0.157. The molecule has 7 fully saturated rings. The lowest BCUT2D eigenvalue weighted by atomic mass is 9.78. The fourth-order valence-corrected chi connectivity index (χ4v) is 16.4. The molecule has 99 heavy (non-hydrogen) atoms. The second kappa shape index (κ2) is 34.1. The summed E-state index contributed by atoms with van der Waals surface area (Å²) in [6, 6.07) is -5.36. The maximum atomic E-state index is 15.8. The molecule has 8 rings (SSSR count). The standard InChI is InChI=1S/C71H106ClF3N12O12/c1-10-44(2)59-67(97)81(5)42-57(90)79(3)43-58(91)82(6)53(39-45-22-14-15-23-45)65(95)80(4)41-55(88)76-51(32-30-46-29-31-49(50(72)38-46)71(73,74)75)64(94)87-37-21-28-52(87)62(92)78-70(33-16-17-34-70)69(99)85(9)61(48-24-12-11-13-25-48)68(98)83(7)54(66(96)86-35-18-19-36-86)40-56(89)84(8)60(63(93)77-59)47-26-20-27-47/h29,31,38,44-45,47-48,51-54,59-61H,10-28,30,32-37,39-43H2,1-9H3,(H,76,88)(H,77,93)(H,78,92)/t44-,51-,52?,53-,54-,59-,60-,61-/m0/s1. The van der Waals surface area contributed by atoms with Crippen molar-refractivity contribution in [3.8, 4) is 0 Å². The topological polar surface area (TPSA) is 270 Å². The van der Waals surface area contributed by atoms with Crippen LogP contribution in [0.3, 0.4) is 0 Å². The third-order valence-electron chi connectivity index (χ3n) is 22.7. The quantitative estimate of drug-likeness (QED) is 0.266. The first-order valence-corrected chi connectivity index (χ1v) is 36.4. The molecule has 3 saturated heterocycles. The highest BCUT2D eigenvalue weighted by atomic mass is 35.5. The zero-order valence-corrected chi connectivity index (χ0v) is 60.2. The number of nitrogens with zero attached hydrogens (tertiary/aromatic N) is 9. The molecule has 1 aromatic rings. The Bertz CT molecular complexity index is 3130. The number of nitrogens with one attached hydrogen (secondary N) is 3. The minimum absolute atomic E-state index is 0.0337. The first kappa shape index (κ1) is 77.7. The van der Waals surface area contributed by atoms with Crippen LogP contribution in [0.2, 0.25) is 5.02 Å². The molecule has 8 atom stereocenters. The zero-order chi connectivity index (χ0) is 72.4. The molecule has 0 radical (unpaired) electrons. The fourth-order valence-electron chi connectivity index (χ4n) is 16.0. The van der Waals surface area contributed by atoms with Gasteiger partial charge in [0.25, 0.3) is 0 Å². The van der Waals surface area contributed by atoms with Gasteiger partial charge in [-0.1, -0.05) is 102 Å². The Kier molecular flexibility index (Phi) is 26.7. The summed E-state index contributed by atoms with van der Waals surface area (Å²) in [5, 5.41) is 8.22. The van der Waals surface area contributed by atoms with E-state index in [1.54, 1.807) is 11.8 Å². The lowest BCUT2D eigenvalue weighted by Gasteiger charge is -2.43. The van der Waals surface area contributed by atoms with E-state index in [2.05, 4.69) is 16.0 Å². The van der Waals surface area contributed by atoms with Gasteiger partial charge < -0.3 is 60.0 Å². The SMILES string of the molecule is CC[C@H](C)[C@@H]1NC(=O)[C@H](C2CCC2)N(C)C(=O)C[C@@H](C(=O)N2CCCC2)N(C)C(=O)[C@H](C2CCCCC2)N(C)C(=O)C2(CCCC2)NC(=O)C2CCCN2C(=O)[C@H](CCc2ccc(C(F)(F)F)c(Cl)c2)NC(=O)CN(C)C(=O)[C@H](CC2CCCC2)N(C)C(=O)CN(C)C(=O)CN(C)C1=O. The number of amides is 12. The Morgan fingerprint density at radius 1 is 0.606 bits per heavy atom. The molecule has 12 amide bonds. The van der Waals surface area contributed by atoms with Gasteiger partial charge in [0, 0.05) is 69.0 Å². The van der Waals surface area contributed by atoms with E-state index in [1.165, 1.54) is 84.8 Å². The van der Waals surface area contributed by atoms with Gasteiger partial charge in [0.05, 0.1) is 36.6 Å². The van der Waals surface area contributed by atoms with E-state index < -0.39 is 173 Å². The summed E-state index contributed by atoms with van der Waals surface area (Å²) in [6.45, 7) is 2.78. The van der Waals surface area contributed by atoms with Crippen LogP contribution >= 0.6 is 11.6 Å². The molecule has 1 spiro atoms. The van der Waals surface area contributed by atoms with Crippen molar-refractivity contribution in [1.82, 2.24) is 60.0 Å². The van der Waals surface area contributed by atoms with Gasteiger partial charge in [0.2, 0.25) is 70.9 Å². The van der Waals surface area contributed by atoms with Crippen LogP contribution < -0.4 is 16.0 Å². The molecule has 550 valence electrons. The van der Waals surface area contributed by atoms with Crippen molar-refractivity contribution in [2.45, 2.75) is 228 Å². The van der Waals surface area contributed by atoms with Gasteiger partial charge in [-0.2, -0.15) is 13.2 Å². The largest absolute Gasteiger partial charge is 0.417 e. The van der Waals surface area contributed by atoms with Crippen molar-refractivity contribution >= 4 is 82.5 Å². The molecule has 7 aliphatic rings. The van der Waals surface area contributed by atoms with Crippen LogP contribution in [0.15, 0.2) is 18.2 Å². The molecule has 0 aromatic heterocycles. The Balaban J connectivity index is 1.16. The van der Waals surface area contributed by atoms with E-state index in [4.69, 9.17) is 11.6 Å². The molecule has 1 unspecified atom stereocenters. The van der Waals surface area contributed by atoms with Gasteiger partial charge in [-0.25, -0.2) is 0 Å². The van der Waals surface area contributed by atoms with Gasteiger partial charge in [-0.3, -0.25) is 57.5 Å². The molecule has 0 bridgehead atoms. The molecule has 3 heterocycles. The second-order valence-electron chi connectivity index (χ2n) is 29.5. The molecule has 24 nitrogen and oxygen atoms in total. The molecule has 28 heteroatoms. The average Bonchev–Trinajstić information content (AvgIpc) is 1.75. The fraction of sp³-hybridized carbons (Fsp3) is 0.746. The van der Waals surface area contributed by atoms with Crippen molar-refractivity contribution in [1.29, 1.82) is 0 Å². The monoisotopic (exact) mass is 1410 g/mol. The van der Waals surface area contributed by atoms with E-state index in [-0.39, 0.29) is 56.9 Å². The predicted molar refractivity (Wildman–Crippen MR) is 362 cm³/mol. The maximum absolute atomic E-state index is 15.8. The molecule has 1 aromatic carbocycles. The van der Waals surface area contributed by atoms with Crippen molar-refractivity contribution in [3.63, 3.8) is 0 Å². The summed E-state index contributed by atoms with van der Waals surface area (Å²) in [6.07, 6.45) is 7.20. The van der Waals surface area contributed by atoms with Crippen molar-refractivity contribution in [2.75, 3.05) is 88.6 Å². The number of fused-ring (bicyclic) bond motifs is 1. The van der Waals surface area contributed by atoms with E-state index in [0.717, 1.165) is 73.3 Å². The zero-order valence-electron chi connectivity index (χ0n) is 59.4. The Morgan fingerprint density at radius 3 is 1.82 bits per heavy atom. The molecular formula is C71H106ClF3N12O12. The summed E-state index contributed by atoms with van der Waals surface area (Å²) in [7, 11) is 10.1. The number of likely N-dealkylation sites (N-methyl/N-ethyl adjacent to an activating group) is 7. The highest BCUT2D eigenvalue weighted by Crippen LogP contribution is 2.39. The Morgan fingerprint density at radius 2 is 1.21 bits per heavy atom. The van der Waals surface area contributed by atoms with Gasteiger partial charge in [-0.15, -0.1) is 0 Å². The van der Waals surface area contributed by atoms with Crippen molar-refractivity contribution < 1.29 is 70.7 Å². The van der Waals surface area contributed by atoms with Gasteiger partial charge in [0.1, 0.15) is 47.8 Å². The van der Waals surface area contributed by atoms with E-state index >= 15 is 24.0 Å². The van der Waals surface area contributed by atoms with Crippen molar-refractivity contribution in [3.05, 3.63) is 34.3 Å². The van der Waals surface area contributed by atoms with E-state index in [1.807, 2.05) is 6.92 Å². The number of hydrogen-bond acceptors (Lipinski definition) is 12. The minimum atomic E-state index is -4.76. The Hall–Kier alpha value is -7.06. The van der Waals surface area contributed by atoms with Crippen LogP contribution in [-0.2, 0) is 70.1 Å². The van der Waals surface area contributed by atoms with Gasteiger partial charge in [-0.05, 0) is 125 Å². The number of aryl methyl sites for hydroxylation is 1. The van der Waals surface area contributed by atoms with E-state index in [0.29, 0.717) is 82.9 Å². The van der Waals surface area contributed by atoms with Crippen LogP contribution in [0.5, 0.6) is 0 Å². The Labute approximate surface area is 585 Å². The molecular weight excluding hydrogens is 1310 g/mol. The summed E-state index contributed by atoms with van der Waals surface area (Å²) < 4.78 is 41.6. The molecule has 4 aliphatic carbocycles. The van der Waals surface area contributed by atoms with Crippen molar-refractivity contribution in [2.24, 2.45) is 23.7 Å².